The van der Waals surface area contributed by atoms with Crippen LogP contribution >= 0.6 is 11.6 Å². The molecule has 6 heteroatoms. The highest BCUT2D eigenvalue weighted by Crippen LogP contribution is 2.25. The maximum Gasteiger partial charge on any atom is 0.173 e. The first-order valence-electron chi connectivity index (χ1n) is 5.63. The van der Waals surface area contributed by atoms with Gasteiger partial charge in [0.1, 0.15) is 0 Å². The molecule has 1 unspecified atom stereocenters. The molecule has 88 valence electrons. The summed E-state index contributed by atoms with van der Waals surface area (Å²) in [6, 6.07) is 7.79. The molecule has 1 atom stereocenters. The predicted octanol–water partition coefficient (Wildman–Crippen LogP) is 1.74. The average molecular weight is 250 g/mol. The van der Waals surface area contributed by atoms with E-state index in [0.29, 0.717) is 5.02 Å². The molecule has 0 aliphatic carbocycles. The van der Waals surface area contributed by atoms with Gasteiger partial charge in [0.15, 0.2) is 5.82 Å². The summed E-state index contributed by atoms with van der Waals surface area (Å²) < 4.78 is 1.71. The van der Waals surface area contributed by atoms with E-state index in [1.807, 2.05) is 24.3 Å². The minimum absolute atomic E-state index is 0.223. The van der Waals surface area contributed by atoms with Gasteiger partial charge in [-0.1, -0.05) is 23.7 Å². The van der Waals surface area contributed by atoms with E-state index in [2.05, 4.69) is 20.8 Å². The van der Waals surface area contributed by atoms with Crippen molar-refractivity contribution in [2.75, 3.05) is 6.54 Å². The number of nitrogens with zero attached hydrogens (tertiary/aromatic N) is 4. The summed E-state index contributed by atoms with van der Waals surface area (Å²) in [5.74, 6) is 0.829. The molecule has 1 fully saturated rings. The first-order chi connectivity index (χ1) is 8.36. The zero-order chi connectivity index (χ0) is 11.7. The standard InChI is InChI=1S/C11H12ClN5/c12-8-4-1-2-6-10(8)17-11(14-15-16-17)9-5-3-7-13-9/h1-2,4,6,9,13H,3,5,7H2. The van der Waals surface area contributed by atoms with Gasteiger partial charge in [-0.05, 0) is 41.9 Å². The summed E-state index contributed by atoms with van der Waals surface area (Å²) in [6.07, 6.45) is 2.21. The van der Waals surface area contributed by atoms with E-state index in [1.54, 1.807) is 4.68 Å². The van der Waals surface area contributed by atoms with Gasteiger partial charge in [-0.25, -0.2) is 0 Å². The van der Waals surface area contributed by atoms with Crippen LogP contribution in [0, 0.1) is 0 Å². The van der Waals surface area contributed by atoms with Gasteiger partial charge in [-0.2, -0.15) is 4.68 Å². The second kappa shape index (κ2) is 4.43. The summed E-state index contributed by atoms with van der Waals surface area (Å²) >= 11 is 6.16. The fraction of sp³-hybridized carbons (Fsp3) is 0.364. The maximum absolute atomic E-state index is 6.16. The van der Waals surface area contributed by atoms with Gasteiger partial charge in [0.2, 0.25) is 0 Å². The van der Waals surface area contributed by atoms with Crippen molar-refractivity contribution >= 4 is 11.6 Å². The van der Waals surface area contributed by atoms with E-state index in [9.17, 15) is 0 Å². The lowest BCUT2D eigenvalue weighted by Crippen LogP contribution is -2.18. The van der Waals surface area contributed by atoms with E-state index in [4.69, 9.17) is 11.6 Å². The second-order valence-electron chi connectivity index (χ2n) is 4.05. The molecule has 5 nitrogen and oxygen atoms in total. The first-order valence-corrected chi connectivity index (χ1v) is 6.00. The second-order valence-corrected chi connectivity index (χ2v) is 4.46. The van der Waals surface area contributed by atoms with Crippen molar-refractivity contribution in [3.63, 3.8) is 0 Å². The Morgan fingerprint density at radius 1 is 1.35 bits per heavy atom. The van der Waals surface area contributed by atoms with Gasteiger partial charge < -0.3 is 5.32 Å². The van der Waals surface area contributed by atoms with Crippen LogP contribution in [-0.4, -0.2) is 26.8 Å². The average Bonchev–Trinajstić information content (AvgIpc) is 3.00. The van der Waals surface area contributed by atoms with E-state index < -0.39 is 0 Å². The Balaban J connectivity index is 2.04. The van der Waals surface area contributed by atoms with Gasteiger partial charge in [-0.3, -0.25) is 0 Å². The fourth-order valence-electron chi connectivity index (χ4n) is 2.11. The summed E-state index contributed by atoms with van der Waals surface area (Å²) in [7, 11) is 0. The number of hydrogen-bond donors (Lipinski definition) is 1. The summed E-state index contributed by atoms with van der Waals surface area (Å²) in [6.45, 7) is 1.01. The lowest BCUT2D eigenvalue weighted by Gasteiger charge is -2.11. The van der Waals surface area contributed by atoms with Crippen LogP contribution in [0.2, 0.25) is 5.02 Å². The van der Waals surface area contributed by atoms with Crippen molar-refractivity contribution in [2.45, 2.75) is 18.9 Å². The number of halogens is 1. The first kappa shape index (κ1) is 10.7. The molecule has 3 rings (SSSR count). The third-order valence-electron chi connectivity index (χ3n) is 2.95. The number of para-hydroxylation sites is 1. The van der Waals surface area contributed by atoms with Gasteiger partial charge in [-0.15, -0.1) is 5.10 Å². The fourth-order valence-corrected chi connectivity index (χ4v) is 2.33. The third-order valence-corrected chi connectivity index (χ3v) is 3.27. The van der Waals surface area contributed by atoms with Crippen LogP contribution in [0.1, 0.15) is 24.7 Å². The van der Waals surface area contributed by atoms with Crippen LogP contribution in [0.3, 0.4) is 0 Å². The largest absolute Gasteiger partial charge is 0.307 e. The molecule has 1 N–H and O–H groups in total. The molecule has 1 aromatic carbocycles. The van der Waals surface area contributed by atoms with Crippen molar-refractivity contribution in [3.8, 4) is 5.69 Å². The zero-order valence-corrected chi connectivity index (χ0v) is 9.93. The Bertz CT molecular complexity index is 518. The lowest BCUT2D eigenvalue weighted by molar-refractivity contribution is 0.583. The van der Waals surface area contributed by atoms with Crippen LogP contribution in [0.4, 0.5) is 0 Å². The van der Waals surface area contributed by atoms with Gasteiger partial charge in [0.05, 0.1) is 16.8 Å². The van der Waals surface area contributed by atoms with Crippen molar-refractivity contribution < 1.29 is 0 Å². The third kappa shape index (κ3) is 1.92. The summed E-state index contributed by atoms with van der Waals surface area (Å²) in [5.41, 5.74) is 0.822. The number of nitrogens with one attached hydrogen (secondary N) is 1. The molecule has 1 aromatic heterocycles. The monoisotopic (exact) mass is 249 g/mol. The smallest absolute Gasteiger partial charge is 0.173 e. The van der Waals surface area contributed by atoms with E-state index in [-0.39, 0.29) is 6.04 Å². The SMILES string of the molecule is Clc1ccccc1-n1nnnc1C1CCCN1. The maximum atomic E-state index is 6.16. The quantitative estimate of drug-likeness (QED) is 0.881. The Hall–Kier alpha value is -1.46. The molecule has 0 saturated carbocycles. The topological polar surface area (TPSA) is 55.6 Å². The zero-order valence-electron chi connectivity index (χ0n) is 9.17. The van der Waals surface area contributed by atoms with Gasteiger partial charge in [0.25, 0.3) is 0 Å². The molecule has 2 aromatic rings. The number of rotatable bonds is 2. The van der Waals surface area contributed by atoms with Crippen molar-refractivity contribution in [3.05, 3.63) is 35.1 Å². The lowest BCUT2D eigenvalue weighted by atomic mass is 10.2. The van der Waals surface area contributed by atoms with E-state index in [0.717, 1.165) is 30.9 Å². The van der Waals surface area contributed by atoms with Crippen molar-refractivity contribution in [1.82, 2.24) is 25.5 Å². The van der Waals surface area contributed by atoms with Gasteiger partial charge >= 0.3 is 0 Å². The van der Waals surface area contributed by atoms with Crippen molar-refractivity contribution in [2.24, 2.45) is 0 Å². The summed E-state index contributed by atoms with van der Waals surface area (Å²) in [4.78, 5) is 0. The minimum atomic E-state index is 0.223. The molecule has 0 radical (unpaired) electrons. The number of aromatic nitrogens is 4. The van der Waals surface area contributed by atoms with E-state index in [1.165, 1.54) is 0 Å². The molecule has 2 heterocycles. The van der Waals surface area contributed by atoms with E-state index >= 15 is 0 Å². The Kier molecular flexibility index (Phi) is 2.78. The molecule has 0 amide bonds. The molecular weight excluding hydrogens is 238 g/mol. The predicted molar refractivity (Wildman–Crippen MR) is 64.1 cm³/mol. The molecule has 1 aliphatic heterocycles. The minimum Gasteiger partial charge on any atom is -0.307 e. The molecule has 1 aliphatic rings. The number of tetrazole rings is 1. The Labute approximate surface area is 104 Å². The molecule has 0 bridgehead atoms. The van der Waals surface area contributed by atoms with Gasteiger partial charge in [0, 0.05) is 0 Å². The van der Waals surface area contributed by atoms with Crippen LogP contribution in [-0.2, 0) is 0 Å². The highest BCUT2D eigenvalue weighted by Gasteiger charge is 2.23. The molecule has 0 spiro atoms. The molecule has 1 saturated heterocycles. The van der Waals surface area contributed by atoms with Crippen LogP contribution < -0.4 is 5.32 Å². The number of benzene rings is 1. The van der Waals surface area contributed by atoms with Crippen molar-refractivity contribution in [1.29, 1.82) is 0 Å². The molecule has 17 heavy (non-hydrogen) atoms. The van der Waals surface area contributed by atoms with Crippen LogP contribution in [0.5, 0.6) is 0 Å². The summed E-state index contributed by atoms with van der Waals surface area (Å²) in [5, 5.41) is 15.9. The van der Waals surface area contributed by atoms with Crippen LogP contribution in [0.15, 0.2) is 24.3 Å². The normalized spacial score (nSPS) is 19.7. The number of hydrogen-bond acceptors (Lipinski definition) is 4. The highest BCUT2D eigenvalue weighted by atomic mass is 35.5. The molecular formula is C11H12ClN5. The Morgan fingerprint density at radius 3 is 3.00 bits per heavy atom. The Morgan fingerprint density at radius 2 is 2.24 bits per heavy atom. The van der Waals surface area contributed by atoms with Crippen LogP contribution in [0.25, 0.3) is 5.69 Å². The highest BCUT2D eigenvalue weighted by molar-refractivity contribution is 6.32.